The Hall–Kier alpha value is -7.18. The molecule has 4 aromatic carbocycles. The maximum absolute atomic E-state index is 9.40. The third-order valence-electron chi connectivity index (χ3n) is 11.8. The zero-order chi connectivity index (χ0) is 39.3. The fourth-order valence-corrected chi connectivity index (χ4v) is 8.80. The molecule has 2 aliphatic carbocycles. The largest absolute Gasteiger partial charge is 0.378 e. The van der Waals surface area contributed by atoms with Crippen molar-refractivity contribution < 1.29 is 0 Å². The Morgan fingerprint density at radius 1 is 0.690 bits per heavy atom. The van der Waals surface area contributed by atoms with Gasteiger partial charge in [-0.05, 0) is 134 Å². The van der Waals surface area contributed by atoms with Crippen LogP contribution in [0.1, 0.15) is 82.3 Å². The Morgan fingerprint density at radius 3 is 1.84 bits per heavy atom. The summed E-state index contributed by atoms with van der Waals surface area (Å²) in [5, 5.41) is 37.6. The summed E-state index contributed by atoms with van der Waals surface area (Å²) in [6.07, 6.45) is 17.8. The number of fused-ring (bicyclic) bond motifs is 4. The van der Waals surface area contributed by atoms with Gasteiger partial charge in [0, 0.05) is 29.2 Å². The highest BCUT2D eigenvalue weighted by Gasteiger charge is 2.24. The quantitative estimate of drug-likeness (QED) is 0.166. The van der Waals surface area contributed by atoms with E-state index in [1.165, 1.54) is 33.4 Å². The average molecular weight is 764 g/mol. The Bertz CT molecular complexity index is 2980. The highest BCUT2D eigenvalue weighted by molar-refractivity contribution is 5.86. The number of anilines is 2. The molecule has 0 aliphatic heterocycles. The van der Waals surface area contributed by atoms with E-state index in [0.717, 1.165) is 94.2 Å². The highest BCUT2D eigenvalue weighted by atomic mass is 15.4. The molecule has 0 unspecified atom stereocenters. The summed E-state index contributed by atoms with van der Waals surface area (Å²) >= 11 is 0. The molecule has 0 fully saturated rings. The van der Waals surface area contributed by atoms with Gasteiger partial charge in [0.05, 0.1) is 71.9 Å². The number of hydrogen-bond donors (Lipinski definition) is 2. The standard InChI is InChI=1S/C46H43N12/c1-29-14-35-22-51-57(37-24-49-55(3)26-37)45(35)18-43(29)54-42-9-5-7-34-17-32(11-13-40(34)42)21-48-28-56-27-38(25-50-56)58-46-19-44(30(2)15-36(46)23-52-58)53-41-8-4-6-33-16-31(20-47)10-12-39(33)41/h10-19,22-27,41-42,53-54H,4-9,28H2,1-3H3/q+1/t41-,42+/m1/s1. The molecule has 2 N–H and O–H groups in total. The van der Waals surface area contributed by atoms with Gasteiger partial charge in [0.1, 0.15) is 16.9 Å². The monoisotopic (exact) mass is 763 g/mol. The van der Waals surface area contributed by atoms with Crippen molar-refractivity contribution in [3.63, 3.8) is 0 Å². The molecule has 0 saturated carbocycles. The van der Waals surface area contributed by atoms with Crippen LogP contribution in [0.4, 0.5) is 11.4 Å². The van der Waals surface area contributed by atoms with Gasteiger partial charge in [0.15, 0.2) is 0 Å². The van der Waals surface area contributed by atoms with E-state index in [0.29, 0.717) is 6.67 Å². The van der Waals surface area contributed by atoms with Crippen LogP contribution < -0.4 is 10.6 Å². The van der Waals surface area contributed by atoms with Crippen molar-refractivity contribution in [1.29, 1.82) is 5.26 Å². The van der Waals surface area contributed by atoms with Crippen molar-refractivity contribution in [2.24, 2.45) is 7.05 Å². The molecule has 4 aromatic heterocycles. The third kappa shape index (κ3) is 6.52. The van der Waals surface area contributed by atoms with Gasteiger partial charge in [-0.1, -0.05) is 17.0 Å². The molecule has 10 rings (SSSR count). The average Bonchev–Trinajstić information content (AvgIpc) is 4.05. The molecule has 12 nitrogen and oxygen atoms in total. The van der Waals surface area contributed by atoms with Gasteiger partial charge in [-0.2, -0.15) is 30.3 Å². The molecular formula is C46H43N12+. The number of nitrogens with one attached hydrogen (secondary N) is 2. The molecule has 8 aromatic rings. The van der Waals surface area contributed by atoms with Crippen LogP contribution in [0.2, 0.25) is 0 Å². The maximum atomic E-state index is 9.40. The number of rotatable bonds is 7. The van der Waals surface area contributed by atoms with Gasteiger partial charge >= 0.3 is 12.7 Å². The molecule has 0 radical (unpaired) electrons. The molecule has 2 aliphatic rings. The fraction of sp³-hybridized carbons (Fsp3) is 0.261. The van der Waals surface area contributed by atoms with Crippen molar-refractivity contribution in [3.8, 4) is 23.5 Å². The third-order valence-corrected chi connectivity index (χ3v) is 11.8. The Morgan fingerprint density at radius 2 is 1.26 bits per heavy atom. The second kappa shape index (κ2) is 14.4. The van der Waals surface area contributed by atoms with Crippen molar-refractivity contribution in [3.05, 3.63) is 147 Å². The second-order valence-electron chi connectivity index (χ2n) is 15.7. The first-order valence-electron chi connectivity index (χ1n) is 20.0. The topological polar surface area (TPSA) is 123 Å². The van der Waals surface area contributed by atoms with Crippen LogP contribution in [0, 0.1) is 31.2 Å². The van der Waals surface area contributed by atoms with E-state index in [9.17, 15) is 5.26 Å². The summed E-state index contributed by atoms with van der Waals surface area (Å²) in [6, 6.07) is 27.4. The van der Waals surface area contributed by atoms with Crippen LogP contribution in [0.15, 0.2) is 97.8 Å². The number of nitrogens with zero attached hydrogens (tertiary/aromatic N) is 10. The lowest BCUT2D eigenvalue weighted by Gasteiger charge is -2.28. The van der Waals surface area contributed by atoms with E-state index in [2.05, 4.69) is 105 Å². The lowest BCUT2D eigenvalue weighted by molar-refractivity contribution is 0.600. The van der Waals surface area contributed by atoms with E-state index in [1.807, 2.05) is 70.4 Å². The lowest BCUT2D eigenvalue weighted by atomic mass is 9.86. The lowest BCUT2D eigenvalue weighted by Crippen LogP contribution is -2.18. The van der Waals surface area contributed by atoms with Crippen molar-refractivity contribution in [2.45, 2.75) is 71.1 Å². The number of aromatic nitrogens is 8. The van der Waals surface area contributed by atoms with Crippen molar-refractivity contribution in [2.75, 3.05) is 10.6 Å². The van der Waals surface area contributed by atoms with Gasteiger partial charge < -0.3 is 10.6 Å². The van der Waals surface area contributed by atoms with Crippen molar-refractivity contribution in [1.82, 2.24) is 39.1 Å². The van der Waals surface area contributed by atoms with Gasteiger partial charge in [0.25, 0.3) is 0 Å². The minimum atomic E-state index is 0.190. The molecule has 0 saturated heterocycles. The molecule has 0 bridgehead atoms. The predicted octanol–water partition coefficient (Wildman–Crippen LogP) is 9.10. The van der Waals surface area contributed by atoms with E-state index in [-0.39, 0.29) is 12.1 Å². The van der Waals surface area contributed by atoms with Gasteiger partial charge in [-0.3, -0.25) is 4.68 Å². The zero-order valence-electron chi connectivity index (χ0n) is 32.8. The Labute approximate surface area is 336 Å². The van der Waals surface area contributed by atoms with Crippen molar-refractivity contribution >= 4 is 33.2 Å². The first-order valence-corrected chi connectivity index (χ1v) is 20.0. The summed E-state index contributed by atoms with van der Waals surface area (Å²) < 4.78 is 7.50. The summed E-state index contributed by atoms with van der Waals surface area (Å²) in [4.78, 5) is 4.66. The van der Waals surface area contributed by atoms with E-state index < -0.39 is 0 Å². The molecule has 58 heavy (non-hydrogen) atoms. The van der Waals surface area contributed by atoms with Gasteiger partial charge in [-0.25, -0.2) is 9.36 Å². The number of aryl methyl sites for hydroxylation is 5. The number of benzene rings is 4. The fourth-order valence-electron chi connectivity index (χ4n) is 8.80. The van der Waals surface area contributed by atoms with Gasteiger partial charge in [0.2, 0.25) is 0 Å². The Kier molecular flexibility index (Phi) is 8.75. The smallest absolute Gasteiger partial charge is 0.357 e. The molecule has 0 amide bonds. The molecule has 2 atom stereocenters. The summed E-state index contributed by atoms with van der Waals surface area (Å²) in [7, 11) is 1.92. The predicted molar refractivity (Wildman–Crippen MR) is 227 cm³/mol. The zero-order valence-corrected chi connectivity index (χ0v) is 32.8. The second-order valence-corrected chi connectivity index (χ2v) is 15.7. The van der Waals surface area contributed by atoms with Crippen LogP contribution in [0.5, 0.6) is 0 Å². The SMILES string of the molecule is Cc1cc2cnn(-c3cnn(C)c3)c2cc1N[C@H]1CCCc2cc(C#[N+]Cn3cc(-n4ncc5cc(C)c(N[C@@H]6CCCc7cc(C#N)ccc76)cc54)cn3)ccc21. The molecule has 12 heteroatoms. The molecule has 4 heterocycles. The summed E-state index contributed by atoms with van der Waals surface area (Å²) in [5.74, 6) is 0. The summed E-state index contributed by atoms with van der Waals surface area (Å²) in [6.45, 7) is 4.64. The number of hydrogen-bond acceptors (Lipinski definition) is 7. The van der Waals surface area contributed by atoms with Crippen LogP contribution >= 0.6 is 0 Å². The maximum Gasteiger partial charge on any atom is 0.357 e. The molecule has 0 spiro atoms. The van der Waals surface area contributed by atoms with Gasteiger partial charge in [-0.15, -0.1) is 0 Å². The molecule has 286 valence electrons. The van der Waals surface area contributed by atoms with Crippen LogP contribution in [-0.4, -0.2) is 39.1 Å². The minimum absolute atomic E-state index is 0.190. The normalized spacial score (nSPS) is 16.0. The highest BCUT2D eigenvalue weighted by Crippen LogP contribution is 2.37. The Balaban J connectivity index is 0.836. The van der Waals surface area contributed by atoms with E-state index in [1.54, 1.807) is 4.68 Å². The van der Waals surface area contributed by atoms with E-state index >= 15 is 0 Å². The number of nitriles is 1. The van der Waals surface area contributed by atoms with E-state index in [4.69, 9.17) is 5.10 Å². The van der Waals surface area contributed by atoms with Crippen LogP contribution in [0.25, 0.3) is 38.0 Å². The summed E-state index contributed by atoms with van der Waals surface area (Å²) in [5.41, 5.74) is 15.3. The first-order chi connectivity index (χ1) is 28.4. The van der Waals surface area contributed by atoms with Crippen LogP contribution in [-0.2, 0) is 26.6 Å². The molecular weight excluding hydrogens is 721 g/mol. The van der Waals surface area contributed by atoms with Crippen LogP contribution in [0.3, 0.4) is 0 Å². The minimum Gasteiger partial charge on any atom is -0.378 e. The first kappa shape index (κ1) is 35.2.